The highest BCUT2D eigenvalue weighted by Crippen LogP contribution is 2.59. The van der Waals surface area contributed by atoms with Crippen LogP contribution in [0.4, 0.5) is 0 Å². The number of methoxy groups -OCH3 is 6. The second kappa shape index (κ2) is 8.60. The molecule has 6 heteroatoms. The fourth-order valence-electron chi connectivity index (χ4n) is 6.90. The molecule has 0 amide bonds. The van der Waals surface area contributed by atoms with Crippen LogP contribution in [0.2, 0.25) is 0 Å². The summed E-state index contributed by atoms with van der Waals surface area (Å²) < 4.78 is 34.2. The Morgan fingerprint density at radius 3 is 0.821 bits per heavy atom. The minimum absolute atomic E-state index is 0.740. The Morgan fingerprint density at radius 2 is 0.590 bits per heavy atom. The van der Waals surface area contributed by atoms with Gasteiger partial charge in [-0.25, -0.2) is 0 Å². The molecule has 0 N–H and O–H groups in total. The van der Waals surface area contributed by atoms with Crippen molar-refractivity contribution in [3.8, 4) is 67.9 Å². The zero-order valence-electron chi connectivity index (χ0n) is 23.0. The van der Waals surface area contributed by atoms with Crippen molar-refractivity contribution in [2.75, 3.05) is 42.7 Å². The summed E-state index contributed by atoms with van der Waals surface area (Å²) in [5.74, 6) is 4.47. The standard InChI is InChI=1S/C33H30O6/c1-34-25-10-16-7-22-31(19(16)13-28(25)37-4)23-8-17-11-26(35-2)30(39-6)15-21(17)33(23)24-9-18-12-27(36-3)29(38-5)14-20(18)32(22)24/h10-15H,7-9H2,1-6H3. The molecular formula is C33H30O6. The lowest BCUT2D eigenvalue weighted by molar-refractivity contribution is 0.355. The highest BCUT2D eigenvalue weighted by molar-refractivity contribution is 6.01. The Balaban J connectivity index is 1.56. The number of fused-ring (bicyclic) bond motifs is 12. The van der Waals surface area contributed by atoms with E-state index in [0.29, 0.717) is 0 Å². The second-order valence-electron chi connectivity index (χ2n) is 10.2. The molecule has 0 atom stereocenters. The molecule has 0 bridgehead atoms. The van der Waals surface area contributed by atoms with Crippen molar-refractivity contribution in [3.05, 3.63) is 69.8 Å². The first kappa shape index (κ1) is 23.8. The van der Waals surface area contributed by atoms with Gasteiger partial charge in [-0.2, -0.15) is 0 Å². The van der Waals surface area contributed by atoms with E-state index in [2.05, 4.69) is 36.4 Å². The van der Waals surface area contributed by atoms with Gasteiger partial charge in [0, 0.05) is 0 Å². The van der Waals surface area contributed by atoms with Crippen LogP contribution >= 0.6 is 0 Å². The summed E-state index contributed by atoms with van der Waals surface area (Å²) in [5, 5.41) is 0. The third-order valence-electron chi connectivity index (χ3n) is 8.55. The van der Waals surface area contributed by atoms with E-state index in [-0.39, 0.29) is 0 Å². The van der Waals surface area contributed by atoms with Crippen LogP contribution in [-0.2, 0) is 19.3 Å². The first-order valence-electron chi connectivity index (χ1n) is 13.0. The van der Waals surface area contributed by atoms with Crippen LogP contribution in [0.25, 0.3) is 33.4 Å². The van der Waals surface area contributed by atoms with Gasteiger partial charge in [-0.3, -0.25) is 0 Å². The highest BCUT2D eigenvalue weighted by atomic mass is 16.5. The number of hydrogen-bond acceptors (Lipinski definition) is 6. The summed E-state index contributed by atoms with van der Waals surface area (Å²) in [6.45, 7) is 0. The highest BCUT2D eigenvalue weighted by Gasteiger charge is 2.38. The molecule has 3 aliphatic carbocycles. The number of rotatable bonds is 6. The molecule has 6 nitrogen and oxygen atoms in total. The van der Waals surface area contributed by atoms with E-state index in [1.54, 1.807) is 42.7 Å². The predicted octanol–water partition coefficient (Wildman–Crippen LogP) is 6.45. The molecular weight excluding hydrogens is 492 g/mol. The van der Waals surface area contributed by atoms with Crippen LogP contribution in [0.1, 0.15) is 33.4 Å². The van der Waals surface area contributed by atoms with Gasteiger partial charge in [0.15, 0.2) is 34.5 Å². The summed E-state index contributed by atoms with van der Waals surface area (Å²) in [6.07, 6.45) is 2.49. The lowest BCUT2D eigenvalue weighted by Crippen LogP contribution is -1.97. The van der Waals surface area contributed by atoms with Crippen molar-refractivity contribution in [1.29, 1.82) is 0 Å². The first-order valence-corrected chi connectivity index (χ1v) is 13.0. The minimum atomic E-state index is 0.740. The van der Waals surface area contributed by atoms with E-state index in [1.165, 1.54) is 66.8 Å². The molecule has 0 heterocycles. The molecule has 3 aliphatic rings. The summed E-state index contributed by atoms with van der Waals surface area (Å²) in [6, 6.07) is 12.8. The van der Waals surface area contributed by atoms with Crippen LogP contribution < -0.4 is 28.4 Å². The molecule has 0 unspecified atom stereocenters. The van der Waals surface area contributed by atoms with Gasteiger partial charge in [0.05, 0.1) is 42.7 Å². The van der Waals surface area contributed by atoms with E-state index >= 15 is 0 Å². The van der Waals surface area contributed by atoms with Gasteiger partial charge >= 0.3 is 0 Å². The lowest BCUT2D eigenvalue weighted by atomic mass is 9.86. The number of ether oxygens (including phenoxy) is 6. The van der Waals surface area contributed by atoms with E-state index in [1.807, 2.05) is 0 Å². The van der Waals surface area contributed by atoms with Gasteiger partial charge in [0.1, 0.15) is 0 Å². The molecule has 7 rings (SSSR count). The SMILES string of the molecule is COc1cc2c(cc1OC)-c1c(c3c(c4c1Cc1cc(OC)c(OC)cc1-4)Cc1cc(OC)c(OC)cc1-3)C2. The normalized spacial score (nSPS) is 13.1. The molecule has 0 saturated heterocycles. The summed E-state index contributed by atoms with van der Waals surface area (Å²) in [4.78, 5) is 0. The van der Waals surface area contributed by atoms with Crippen LogP contribution in [-0.4, -0.2) is 42.7 Å². The maximum atomic E-state index is 5.73. The monoisotopic (exact) mass is 522 g/mol. The third kappa shape index (κ3) is 3.14. The van der Waals surface area contributed by atoms with Gasteiger partial charge in [-0.1, -0.05) is 0 Å². The minimum Gasteiger partial charge on any atom is -0.493 e. The quantitative estimate of drug-likeness (QED) is 0.250. The number of benzene rings is 4. The van der Waals surface area contributed by atoms with Gasteiger partial charge in [0.25, 0.3) is 0 Å². The molecule has 39 heavy (non-hydrogen) atoms. The van der Waals surface area contributed by atoms with Gasteiger partial charge in [-0.15, -0.1) is 0 Å². The van der Waals surface area contributed by atoms with Crippen LogP contribution in [0.3, 0.4) is 0 Å². The Morgan fingerprint density at radius 1 is 0.359 bits per heavy atom. The van der Waals surface area contributed by atoms with Crippen LogP contribution in [0, 0.1) is 0 Å². The van der Waals surface area contributed by atoms with E-state index in [4.69, 9.17) is 28.4 Å². The molecule has 4 aromatic rings. The Kier molecular flexibility index (Phi) is 5.24. The average molecular weight is 523 g/mol. The van der Waals surface area contributed by atoms with E-state index in [0.717, 1.165) is 53.8 Å². The van der Waals surface area contributed by atoms with Crippen molar-refractivity contribution in [3.63, 3.8) is 0 Å². The topological polar surface area (TPSA) is 55.4 Å². The average Bonchev–Trinajstić information content (AvgIpc) is 3.64. The molecule has 0 saturated carbocycles. The largest absolute Gasteiger partial charge is 0.493 e. The van der Waals surface area contributed by atoms with Gasteiger partial charge < -0.3 is 28.4 Å². The molecule has 0 radical (unpaired) electrons. The molecule has 198 valence electrons. The van der Waals surface area contributed by atoms with Crippen LogP contribution in [0.15, 0.2) is 36.4 Å². The lowest BCUT2D eigenvalue weighted by Gasteiger charge is -2.18. The van der Waals surface area contributed by atoms with Crippen molar-refractivity contribution >= 4 is 0 Å². The smallest absolute Gasteiger partial charge is 0.161 e. The Bertz CT molecular complexity index is 1480. The van der Waals surface area contributed by atoms with Crippen molar-refractivity contribution in [2.45, 2.75) is 19.3 Å². The zero-order valence-corrected chi connectivity index (χ0v) is 23.0. The van der Waals surface area contributed by atoms with E-state index < -0.39 is 0 Å². The fraction of sp³-hybridized carbons (Fsp3) is 0.273. The summed E-state index contributed by atoms with van der Waals surface area (Å²) >= 11 is 0. The Labute approximate surface area is 228 Å². The van der Waals surface area contributed by atoms with E-state index in [9.17, 15) is 0 Å². The predicted molar refractivity (Wildman–Crippen MR) is 150 cm³/mol. The van der Waals surface area contributed by atoms with Crippen molar-refractivity contribution in [2.24, 2.45) is 0 Å². The molecule has 0 aromatic heterocycles. The van der Waals surface area contributed by atoms with Crippen molar-refractivity contribution in [1.82, 2.24) is 0 Å². The molecule has 4 aromatic carbocycles. The number of hydrogen-bond donors (Lipinski definition) is 0. The van der Waals surface area contributed by atoms with Crippen LogP contribution in [0.5, 0.6) is 34.5 Å². The second-order valence-corrected chi connectivity index (χ2v) is 10.2. The molecule has 0 aliphatic heterocycles. The molecule has 0 fully saturated rings. The van der Waals surface area contributed by atoms with Gasteiger partial charge in [-0.05, 0) is 122 Å². The van der Waals surface area contributed by atoms with Crippen molar-refractivity contribution < 1.29 is 28.4 Å². The zero-order chi connectivity index (χ0) is 27.0. The maximum absolute atomic E-state index is 5.73. The Hall–Kier alpha value is -4.32. The van der Waals surface area contributed by atoms with Gasteiger partial charge in [0.2, 0.25) is 0 Å². The summed E-state index contributed by atoms with van der Waals surface area (Å²) in [5.41, 5.74) is 15.3. The maximum Gasteiger partial charge on any atom is 0.161 e. The fourth-order valence-corrected chi connectivity index (χ4v) is 6.90. The summed E-state index contributed by atoms with van der Waals surface area (Å²) in [7, 11) is 10.1. The molecule has 0 spiro atoms. The third-order valence-corrected chi connectivity index (χ3v) is 8.55. The first-order chi connectivity index (χ1) is 19.0.